The first-order valence-electron chi connectivity index (χ1n) is 10.7. The van der Waals surface area contributed by atoms with Crippen LogP contribution in [0.3, 0.4) is 0 Å². The van der Waals surface area contributed by atoms with Gasteiger partial charge in [0.25, 0.3) is 0 Å². The van der Waals surface area contributed by atoms with Gasteiger partial charge in [0.1, 0.15) is 24.6 Å². The zero-order valence-corrected chi connectivity index (χ0v) is 20.6. The minimum atomic E-state index is -1.99. The summed E-state index contributed by atoms with van der Waals surface area (Å²) in [7, 11) is -1.99. The van der Waals surface area contributed by atoms with Crippen molar-refractivity contribution in [2.75, 3.05) is 13.2 Å². The second-order valence-electron chi connectivity index (χ2n) is 9.37. The third-order valence-electron chi connectivity index (χ3n) is 5.83. The van der Waals surface area contributed by atoms with Crippen LogP contribution in [-0.4, -0.2) is 44.6 Å². The van der Waals surface area contributed by atoms with E-state index in [0.29, 0.717) is 24.5 Å². The summed E-state index contributed by atoms with van der Waals surface area (Å²) in [5.41, 5.74) is 1.66. The summed E-state index contributed by atoms with van der Waals surface area (Å²) in [6.07, 6.45) is -1.38. The summed E-state index contributed by atoms with van der Waals surface area (Å²) in [6.45, 7) is 13.2. The summed E-state index contributed by atoms with van der Waals surface area (Å²) in [6, 6.07) is 16.8. The molecular formula is C25H36O5Si. The van der Waals surface area contributed by atoms with E-state index in [1.807, 2.05) is 30.3 Å². The quantitative estimate of drug-likeness (QED) is 0.379. The number of carbonyl (C=O) groups excluding carboxylic acids is 1. The van der Waals surface area contributed by atoms with Gasteiger partial charge in [0, 0.05) is 5.56 Å². The van der Waals surface area contributed by atoms with Crippen molar-refractivity contribution in [2.24, 2.45) is 0 Å². The fourth-order valence-electron chi connectivity index (χ4n) is 2.63. The van der Waals surface area contributed by atoms with E-state index < -0.39 is 20.5 Å². The smallest absolute Gasteiger partial charge is 0.192 e. The molecule has 5 nitrogen and oxygen atoms in total. The Kier molecular flexibility index (Phi) is 9.00. The summed E-state index contributed by atoms with van der Waals surface area (Å²) >= 11 is 0. The predicted octanol–water partition coefficient (Wildman–Crippen LogP) is 5.24. The molecule has 0 aliphatic rings. The maximum atomic E-state index is 11.4. The Hall–Kier alpha value is -1.99. The van der Waals surface area contributed by atoms with Crippen molar-refractivity contribution in [3.63, 3.8) is 0 Å². The van der Waals surface area contributed by atoms with Crippen LogP contribution in [0.1, 0.15) is 43.6 Å². The average Bonchev–Trinajstić information content (AvgIpc) is 2.72. The zero-order valence-electron chi connectivity index (χ0n) is 19.6. The zero-order chi connectivity index (χ0) is 23.1. The summed E-state index contributed by atoms with van der Waals surface area (Å²) in [5.74, 6) is 0.597. The Labute approximate surface area is 187 Å². The van der Waals surface area contributed by atoms with Gasteiger partial charge in [0.05, 0.1) is 13.2 Å². The molecule has 0 aliphatic carbocycles. The van der Waals surface area contributed by atoms with E-state index in [4.69, 9.17) is 13.9 Å². The molecule has 2 aromatic rings. The van der Waals surface area contributed by atoms with Crippen molar-refractivity contribution in [2.45, 2.75) is 64.6 Å². The first-order valence-corrected chi connectivity index (χ1v) is 13.6. The van der Waals surface area contributed by atoms with Crippen LogP contribution in [0.15, 0.2) is 54.6 Å². The Morgan fingerprint density at radius 1 is 1.00 bits per heavy atom. The molecule has 0 aliphatic heterocycles. The molecule has 0 fully saturated rings. The van der Waals surface area contributed by atoms with Gasteiger partial charge in [-0.1, -0.05) is 51.1 Å². The molecule has 6 heteroatoms. The summed E-state index contributed by atoms with van der Waals surface area (Å²) in [5, 5.41) is 10.9. The number of aliphatic hydroxyl groups excluding tert-OH is 1. The maximum absolute atomic E-state index is 11.4. The van der Waals surface area contributed by atoms with Crippen molar-refractivity contribution in [1.82, 2.24) is 0 Å². The van der Waals surface area contributed by atoms with Crippen molar-refractivity contribution in [3.8, 4) is 5.75 Å². The number of hydrogen-bond donors (Lipinski definition) is 1. The molecule has 0 saturated heterocycles. The SMILES string of the molecule is CC(=O)c1ccc(OC[C@@H](O)[C@H](CO[Si](C)(C)C(C)(C)C)OCc2ccccc2)cc1. The van der Waals surface area contributed by atoms with Gasteiger partial charge in [-0.2, -0.15) is 0 Å². The average molecular weight is 445 g/mol. The molecule has 0 aromatic heterocycles. The molecular weight excluding hydrogens is 408 g/mol. The normalized spacial score (nSPS) is 14.2. The predicted molar refractivity (Wildman–Crippen MR) is 126 cm³/mol. The fraction of sp³-hybridized carbons (Fsp3) is 0.480. The first-order chi connectivity index (χ1) is 14.5. The van der Waals surface area contributed by atoms with Gasteiger partial charge in [-0.25, -0.2) is 0 Å². The second kappa shape index (κ2) is 11.0. The third kappa shape index (κ3) is 7.89. The molecule has 0 spiro atoms. The number of ketones is 1. The molecule has 0 radical (unpaired) electrons. The number of benzene rings is 2. The van der Waals surface area contributed by atoms with Crippen LogP contribution in [0.2, 0.25) is 18.1 Å². The minimum absolute atomic E-state index is 0.00346. The van der Waals surface area contributed by atoms with Crippen LogP contribution in [0.4, 0.5) is 0 Å². The van der Waals surface area contributed by atoms with E-state index in [2.05, 4.69) is 33.9 Å². The van der Waals surface area contributed by atoms with Gasteiger partial charge in [0.2, 0.25) is 0 Å². The van der Waals surface area contributed by atoms with Crippen LogP contribution < -0.4 is 4.74 Å². The topological polar surface area (TPSA) is 65.0 Å². The Balaban J connectivity index is 2.01. The van der Waals surface area contributed by atoms with Crippen LogP contribution >= 0.6 is 0 Å². The van der Waals surface area contributed by atoms with E-state index in [1.54, 1.807) is 24.3 Å². The number of hydrogen-bond acceptors (Lipinski definition) is 5. The molecule has 0 amide bonds. The van der Waals surface area contributed by atoms with Crippen molar-refractivity contribution >= 4 is 14.1 Å². The standard InChI is InChI=1S/C25H36O5Si/c1-19(26)21-12-14-22(15-13-21)28-17-23(27)24(18-30-31(5,6)25(2,3)4)29-16-20-10-8-7-9-11-20/h7-15,23-24,27H,16-18H2,1-6H3/t23-,24+/m1/s1. The molecule has 0 heterocycles. The molecule has 2 atom stereocenters. The van der Waals surface area contributed by atoms with Gasteiger partial charge in [0.15, 0.2) is 14.1 Å². The number of ether oxygens (including phenoxy) is 2. The van der Waals surface area contributed by atoms with Gasteiger partial charge in [-0.05, 0) is 54.9 Å². The Bertz CT molecular complexity index is 812. The van der Waals surface area contributed by atoms with Gasteiger partial charge in [-0.3, -0.25) is 4.79 Å². The highest BCUT2D eigenvalue weighted by atomic mass is 28.4. The highest BCUT2D eigenvalue weighted by molar-refractivity contribution is 6.74. The van der Waals surface area contributed by atoms with Crippen molar-refractivity contribution < 1.29 is 23.8 Å². The number of Topliss-reactive ketones (excluding diaryl/α,β-unsaturated/α-hetero) is 1. The van der Waals surface area contributed by atoms with Crippen LogP contribution in [-0.2, 0) is 15.8 Å². The molecule has 2 rings (SSSR count). The van der Waals surface area contributed by atoms with Gasteiger partial charge >= 0.3 is 0 Å². The van der Waals surface area contributed by atoms with Crippen LogP contribution in [0.5, 0.6) is 5.75 Å². The van der Waals surface area contributed by atoms with E-state index in [1.165, 1.54) is 6.92 Å². The van der Waals surface area contributed by atoms with Gasteiger partial charge < -0.3 is 19.0 Å². The van der Waals surface area contributed by atoms with Crippen LogP contribution in [0.25, 0.3) is 0 Å². The van der Waals surface area contributed by atoms with Crippen molar-refractivity contribution in [3.05, 3.63) is 65.7 Å². The molecule has 1 N–H and O–H groups in total. The summed E-state index contributed by atoms with van der Waals surface area (Å²) < 4.78 is 18.1. The minimum Gasteiger partial charge on any atom is -0.491 e. The third-order valence-corrected chi connectivity index (χ3v) is 10.3. The lowest BCUT2D eigenvalue weighted by molar-refractivity contribution is -0.0804. The number of aliphatic hydroxyl groups is 1. The largest absolute Gasteiger partial charge is 0.491 e. The molecule has 31 heavy (non-hydrogen) atoms. The second-order valence-corrected chi connectivity index (χ2v) is 14.2. The van der Waals surface area contributed by atoms with Crippen LogP contribution in [0, 0.1) is 0 Å². The monoisotopic (exact) mass is 444 g/mol. The van der Waals surface area contributed by atoms with E-state index in [-0.39, 0.29) is 17.4 Å². The maximum Gasteiger partial charge on any atom is 0.192 e. The Morgan fingerprint density at radius 3 is 2.16 bits per heavy atom. The van der Waals surface area contributed by atoms with E-state index >= 15 is 0 Å². The number of carbonyl (C=O) groups is 1. The summed E-state index contributed by atoms with van der Waals surface area (Å²) in [4.78, 5) is 11.4. The Morgan fingerprint density at radius 2 is 1.61 bits per heavy atom. The number of rotatable bonds is 11. The van der Waals surface area contributed by atoms with Gasteiger partial charge in [-0.15, -0.1) is 0 Å². The molecule has 170 valence electrons. The molecule has 0 unspecified atom stereocenters. The molecule has 0 saturated carbocycles. The molecule has 2 aromatic carbocycles. The lowest BCUT2D eigenvalue weighted by Crippen LogP contribution is -2.46. The lowest BCUT2D eigenvalue weighted by Gasteiger charge is -2.37. The highest BCUT2D eigenvalue weighted by Gasteiger charge is 2.38. The highest BCUT2D eigenvalue weighted by Crippen LogP contribution is 2.36. The van der Waals surface area contributed by atoms with E-state index in [9.17, 15) is 9.90 Å². The molecule has 0 bridgehead atoms. The fourth-order valence-corrected chi connectivity index (χ4v) is 3.64. The van der Waals surface area contributed by atoms with Crippen molar-refractivity contribution in [1.29, 1.82) is 0 Å². The first kappa shape index (κ1) is 25.3. The van der Waals surface area contributed by atoms with E-state index in [0.717, 1.165) is 5.56 Å². The lowest BCUT2D eigenvalue weighted by atomic mass is 10.1.